The van der Waals surface area contributed by atoms with Gasteiger partial charge in [-0.2, -0.15) is 4.98 Å². The first-order valence-electron chi connectivity index (χ1n) is 11.1. The van der Waals surface area contributed by atoms with Crippen molar-refractivity contribution in [3.8, 4) is 0 Å². The highest BCUT2D eigenvalue weighted by molar-refractivity contribution is 5.84. The number of hydrogen-bond donors (Lipinski definition) is 0. The van der Waals surface area contributed by atoms with Crippen molar-refractivity contribution >= 4 is 27.8 Å². The van der Waals surface area contributed by atoms with E-state index in [4.69, 9.17) is 4.52 Å². The minimum Gasteiger partial charge on any atom is -0.371 e. The molecular weight excluding hydrogens is 420 g/mol. The Kier molecular flexibility index (Phi) is 3.68. The Labute approximate surface area is 188 Å². The highest BCUT2D eigenvalue weighted by atomic mass is 16.5. The Hall–Kier alpha value is -3.95. The fourth-order valence-electron chi connectivity index (χ4n) is 5.38. The normalized spacial score (nSPS) is 21.9. The molecule has 33 heavy (non-hydrogen) atoms. The van der Waals surface area contributed by atoms with Crippen molar-refractivity contribution < 1.29 is 4.52 Å². The molecule has 2 fully saturated rings. The lowest BCUT2D eigenvalue weighted by Crippen LogP contribution is -2.23. The van der Waals surface area contributed by atoms with E-state index in [0.717, 1.165) is 18.9 Å². The first-order valence-corrected chi connectivity index (χ1v) is 11.1. The largest absolute Gasteiger partial charge is 0.371 e. The first kappa shape index (κ1) is 18.6. The van der Waals surface area contributed by atoms with Crippen LogP contribution >= 0.6 is 0 Å². The predicted octanol–water partition coefficient (Wildman–Crippen LogP) is 1.90. The minimum atomic E-state index is -0.172. The minimum absolute atomic E-state index is 0.172. The number of imidazole rings is 1. The number of benzene rings is 1. The molecule has 0 N–H and O–H groups in total. The van der Waals surface area contributed by atoms with E-state index >= 15 is 0 Å². The zero-order chi connectivity index (χ0) is 22.3. The van der Waals surface area contributed by atoms with E-state index in [1.807, 2.05) is 0 Å². The summed E-state index contributed by atoms with van der Waals surface area (Å²) >= 11 is 0. The van der Waals surface area contributed by atoms with Crippen LogP contribution in [-0.4, -0.2) is 46.9 Å². The lowest BCUT2D eigenvalue weighted by Gasteiger charge is -2.21. The van der Waals surface area contributed by atoms with Crippen molar-refractivity contribution in [1.82, 2.24) is 33.8 Å². The summed E-state index contributed by atoms with van der Waals surface area (Å²) in [4.78, 5) is 28.2. The number of rotatable bonds is 4. The van der Waals surface area contributed by atoms with Crippen LogP contribution in [0.15, 0.2) is 52.4 Å². The molecule has 5 aromatic rings. The fourth-order valence-corrected chi connectivity index (χ4v) is 5.38. The predicted molar refractivity (Wildman–Crippen MR) is 121 cm³/mol. The summed E-state index contributed by atoms with van der Waals surface area (Å²) in [5.41, 5.74) is 3.24. The van der Waals surface area contributed by atoms with Crippen molar-refractivity contribution in [2.75, 3.05) is 18.0 Å². The van der Waals surface area contributed by atoms with Crippen LogP contribution in [0.2, 0.25) is 0 Å². The van der Waals surface area contributed by atoms with E-state index in [-0.39, 0.29) is 12.1 Å². The van der Waals surface area contributed by atoms with Crippen LogP contribution in [0.4, 0.5) is 5.69 Å². The standard InChI is InChI=1S/C23H22N8O2/c1-28-6-5-13-7-14(3-4-17(13)28)30-8-15-16(9-30)19(15)21-26-18(33-27-21)10-31-12-25-22-20(23(31)32)29(2)11-24-22/h3-7,11-12,15-16,19H,8-10H2,1-2H3/t15-,16+,19?. The number of hydrogen-bond acceptors (Lipinski definition) is 7. The average molecular weight is 442 g/mol. The van der Waals surface area contributed by atoms with E-state index in [1.54, 1.807) is 17.9 Å². The third-order valence-electron chi connectivity index (χ3n) is 7.22. The Bertz CT molecular complexity index is 1580. The molecule has 1 aliphatic carbocycles. The molecule has 0 spiro atoms. The van der Waals surface area contributed by atoms with Crippen LogP contribution in [0.5, 0.6) is 0 Å². The second-order valence-electron chi connectivity index (χ2n) is 9.18. The summed E-state index contributed by atoms with van der Waals surface area (Å²) in [5.74, 6) is 2.58. The number of aromatic nitrogens is 7. The quantitative estimate of drug-likeness (QED) is 0.419. The summed E-state index contributed by atoms with van der Waals surface area (Å²) in [6.45, 7) is 2.20. The van der Waals surface area contributed by atoms with Crippen molar-refractivity contribution in [3.05, 3.63) is 65.2 Å². The van der Waals surface area contributed by atoms with Gasteiger partial charge in [-0.1, -0.05) is 5.16 Å². The monoisotopic (exact) mass is 442 g/mol. The summed E-state index contributed by atoms with van der Waals surface area (Å²) < 4.78 is 10.8. The topological polar surface area (TPSA) is 99.8 Å². The molecule has 0 radical (unpaired) electrons. The van der Waals surface area contributed by atoms with Crippen LogP contribution in [0.3, 0.4) is 0 Å². The molecule has 10 heteroatoms. The fraction of sp³-hybridized carbons (Fsp3) is 0.348. The molecule has 1 aromatic carbocycles. The second kappa shape index (κ2) is 6.53. The maximum atomic E-state index is 12.7. The zero-order valence-electron chi connectivity index (χ0n) is 18.3. The van der Waals surface area contributed by atoms with E-state index < -0.39 is 0 Å². The van der Waals surface area contributed by atoms with Gasteiger partial charge in [0.1, 0.15) is 12.9 Å². The summed E-state index contributed by atoms with van der Waals surface area (Å²) in [6, 6.07) is 8.83. The Morgan fingerprint density at radius 1 is 1.06 bits per heavy atom. The SMILES string of the molecule is Cn1ccc2cc(N3C[C@@H]4C(c5noc(Cn6cnc7ncn(C)c7c6=O)n5)[C@@H]4C3)ccc21. The molecule has 4 aromatic heterocycles. The van der Waals surface area contributed by atoms with Crippen molar-refractivity contribution in [2.45, 2.75) is 12.5 Å². The smallest absolute Gasteiger partial charge is 0.280 e. The van der Waals surface area contributed by atoms with Gasteiger partial charge in [0.2, 0.25) is 5.89 Å². The van der Waals surface area contributed by atoms with Crippen LogP contribution < -0.4 is 10.5 Å². The Balaban J connectivity index is 1.06. The van der Waals surface area contributed by atoms with Gasteiger partial charge >= 0.3 is 0 Å². The number of anilines is 1. The molecule has 0 bridgehead atoms. The van der Waals surface area contributed by atoms with Gasteiger partial charge < -0.3 is 18.6 Å². The molecule has 1 saturated heterocycles. The van der Waals surface area contributed by atoms with Crippen molar-refractivity contribution in [3.63, 3.8) is 0 Å². The zero-order valence-corrected chi connectivity index (χ0v) is 18.3. The first-order chi connectivity index (χ1) is 16.1. The second-order valence-corrected chi connectivity index (χ2v) is 9.18. The molecule has 2 aliphatic rings. The van der Waals surface area contributed by atoms with Gasteiger partial charge in [0.15, 0.2) is 17.0 Å². The lowest BCUT2D eigenvalue weighted by atomic mass is 10.2. The van der Waals surface area contributed by atoms with E-state index in [9.17, 15) is 4.79 Å². The highest BCUT2D eigenvalue weighted by Gasteiger charge is 2.58. The van der Waals surface area contributed by atoms with E-state index in [1.165, 1.54) is 27.5 Å². The van der Waals surface area contributed by atoms with Crippen molar-refractivity contribution in [1.29, 1.82) is 0 Å². The van der Waals surface area contributed by atoms with Gasteiger partial charge in [-0.05, 0) is 36.1 Å². The number of fused-ring (bicyclic) bond motifs is 3. The van der Waals surface area contributed by atoms with E-state index in [2.05, 4.69) is 67.1 Å². The molecule has 1 unspecified atom stereocenters. The molecule has 0 amide bonds. The molecule has 5 heterocycles. The van der Waals surface area contributed by atoms with Gasteiger partial charge in [-0.3, -0.25) is 9.36 Å². The van der Waals surface area contributed by atoms with Crippen LogP contribution in [-0.2, 0) is 20.6 Å². The molecule has 166 valence electrons. The maximum absolute atomic E-state index is 12.7. The van der Waals surface area contributed by atoms with Gasteiger partial charge in [-0.15, -0.1) is 0 Å². The molecule has 7 rings (SSSR count). The van der Waals surface area contributed by atoms with Crippen LogP contribution in [0.1, 0.15) is 17.6 Å². The summed E-state index contributed by atoms with van der Waals surface area (Å²) in [6.07, 6.45) is 5.16. The van der Waals surface area contributed by atoms with Gasteiger partial charge in [0.05, 0.1) is 6.33 Å². The lowest BCUT2D eigenvalue weighted by molar-refractivity contribution is 0.363. The average Bonchev–Trinajstić information content (AvgIpc) is 3.35. The molecule has 10 nitrogen and oxygen atoms in total. The van der Waals surface area contributed by atoms with Crippen LogP contribution in [0.25, 0.3) is 22.1 Å². The van der Waals surface area contributed by atoms with Crippen molar-refractivity contribution in [2.24, 2.45) is 25.9 Å². The molecular formula is C23H22N8O2. The Morgan fingerprint density at radius 3 is 2.73 bits per heavy atom. The number of aryl methyl sites for hydroxylation is 2. The van der Waals surface area contributed by atoms with Gasteiger partial charge in [0, 0.05) is 55.9 Å². The Morgan fingerprint density at radius 2 is 1.88 bits per heavy atom. The van der Waals surface area contributed by atoms with E-state index in [0.29, 0.717) is 34.8 Å². The maximum Gasteiger partial charge on any atom is 0.280 e. The third-order valence-corrected chi connectivity index (χ3v) is 7.22. The van der Waals surface area contributed by atoms with Gasteiger partial charge in [0.25, 0.3) is 5.56 Å². The van der Waals surface area contributed by atoms with Crippen LogP contribution in [0, 0.1) is 11.8 Å². The molecule has 1 aliphatic heterocycles. The summed E-state index contributed by atoms with van der Waals surface area (Å²) in [7, 11) is 3.85. The number of nitrogens with zero attached hydrogens (tertiary/aromatic N) is 8. The summed E-state index contributed by atoms with van der Waals surface area (Å²) in [5, 5.41) is 5.50. The third kappa shape index (κ3) is 2.76. The molecule has 1 saturated carbocycles. The highest BCUT2D eigenvalue weighted by Crippen LogP contribution is 2.58. The molecule has 3 atom stereocenters. The van der Waals surface area contributed by atoms with Gasteiger partial charge in [-0.25, -0.2) is 9.97 Å². The number of piperidine rings is 1.